The van der Waals surface area contributed by atoms with Crippen molar-refractivity contribution in [2.24, 2.45) is 13.0 Å². The second-order valence-electron chi connectivity index (χ2n) is 7.42. The number of hydrogen-bond acceptors (Lipinski definition) is 7. The lowest BCUT2D eigenvalue weighted by atomic mass is 9.83. The van der Waals surface area contributed by atoms with Crippen molar-refractivity contribution in [3.05, 3.63) is 35.7 Å². The fourth-order valence-electron chi connectivity index (χ4n) is 3.78. The van der Waals surface area contributed by atoms with Crippen LogP contribution in [0.15, 0.2) is 24.3 Å². The van der Waals surface area contributed by atoms with Crippen molar-refractivity contribution >= 4 is 22.6 Å². The lowest BCUT2D eigenvalue weighted by Crippen LogP contribution is -2.27. The molecule has 2 aromatic heterocycles. The van der Waals surface area contributed by atoms with Crippen LogP contribution in [-0.4, -0.2) is 41.4 Å². The molecular formula is C19H21F2N7OS. The molecule has 0 spiro atoms. The summed E-state index contributed by atoms with van der Waals surface area (Å²) in [5.74, 6) is -3.17. The number of amides is 1. The van der Waals surface area contributed by atoms with Gasteiger partial charge < -0.3 is 5.32 Å². The number of benzene rings is 1. The fourth-order valence-corrected chi connectivity index (χ4v) is 4.43. The standard InChI is InChI=1S/C19H21F2N7OS/c1-3-14-22-18(30-26-14)23-17(29)15(13-8-9-19(20,21)10-13)11-4-6-12(7-5-11)16-24-27-28(2)25-16/h4-7,13,15H,3,8-10H2,1-2H3,(H,22,23,26,29). The average molecular weight is 433 g/mol. The van der Waals surface area contributed by atoms with Crippen LogP contribution in [0.25, 0.3) is 11.4 Å². The lowest BCUT2D eigenvalue weighted by molar-refractivity contribution is -0.118. The van der Waals surface area contributed by atoms with Gasteiger partial charge >= 0.3 is 0 Å². The number of halogens is 2. The van der Waals surface area contributed by atoms with Crippen molar-refractivity contribution in [1.82, 2.24) is 29.6 Å². The molecule has 1 fully saturated rings. The minimum Gasteiger partial charge on any atom is -0.300 e. The molecule has 4 rings (SSSR count). The van der Waals surface area contributed by atoms with E-state index in [0.29, 0.717) is 28.8 Å². The number of rotatable bonds is 6. The molecule has 1 aliphatic rings. The summed E-state index contributed by atoms with van der Waals surface area (Å²) in [5.41, 5.74) is 1.41. The third kappa shape index (κ3) is 4.35. The monoisotopic (exact) mass is 433 g/mol. The zero-order valence-corrected chi connectivity index (χ0v) is 17.4. The van der Waals surface area contributed by atoms with Crippen molar-refractivity contribution in [1.29, 1.82) is 0 Å². The molecule has 2 unspecified atom stereocenters. The summed E-state index contributed by atoms with van der Waals surface area (Å²) in [7, 11) is 1.67. The van der Waals surface area contributed by atoms with Gasteiger partial charge in [-0.05, 0) is 23.1 Å². The predicted octanol–water partition coefficient (Wildman–Crippen LogP) is 3.45. The van der Waals surface area contributed by atoms with Gasteiger partial charge in [0.15, 0.2) is 0 Å². The number of aryl methyl sites for hydroxylation is 2. The Morgan fingerprint density at radius 1 is 1.37 bits per heavy atom. The molecule has 1 aromatic carbocycles. The number of alkyl halides is 2. The smallest absolute Gasteiger partial charge is 0.248 e. The van der Waals surface area contributed by atoms with Gasteiger partial charge in [-0.15, -0.1) is 10.2 Å². The molecule has 0 aliphatic heterocycles. The Morgan fingerprint density at radius 3 is 2.70 bits per heavy atom. The lowest BCUT2D eigenvalue weighted by Gasteiger charge is -2.23. The highest BCUT2D eigenvalue weighted by atomic mass is 32.1. The molecule has 1 aliphatic carbocycles. The zero-order valence-electron chi connectivity index (χ0n) is 16.5. The van der Waals surface area contributed by atoms with Gasteiger partial charge in [0.1, 0.15) is 5.82 Å². The normalized spacial score (nSPS) is 19.0. The average Bonchev–Trinajstić information content (AvgIpc) is 3.43. The minimum atomic E-state index is -2.75. The molecule has 3 aromatic rings. The molecule has 1 saturated carbocycles. The Kier molecular flexibility index (Phi) is 5.54. The number of carbonyl (C=O) groups is 1. The van der Waals surface area contributed by atoms with E-state index in [1.54, 1.807) is 31.3 Å². The quantitative estimate of drug-likeness (QED) is 0.639. The topological polar surface area (TPSA) is 98.5 Å². The molecule has 1 N–H and O–H groups in total. The number of hydrogen-bond donors (Lipinski definition) is 1. The van der Waals surface area contributed by atoms with Gasteiger partial charge in [-0.2, -0.15) is 9.17 Å². The van der Waals surface area contributed by atoms with E-state index in [2.05, 4.69) is 30.1 Å². The van der Waals surface area contributed by atoms with E-state index in [0.717, 1.165) is 17.1 Å². The van der Waals surface area contributed by atoms with Gasteiger partial charge in [0.05, 0.1) is 13.0 Å². The summed E-state index contributed by atoms with van der Waals surface area (Å²) in [6.07, 6.45) is 0.425. The molecule has 8 nitrogen and oxygen atoms in total. The Bertz CT molecular complexity index is 1030. The Morgan fingerprint density at radius 2 is 2.13 bits per heavy atom. The first-order valence-electron chi connectivity index (χ1n) is 9.70. The van der Waals surface area contributed by atoms with Crippen molar-refractivity contribution in [3.8, 4) is 11.4 Å². The Labute approximate surface area is 175 Å². The number of nitrogens with one attached hydrogen (secondary N) is 1. The number of nitrogens with zero attached hydrogens (tertiary/aromatic N) is 6. The van der Waals surface area contributed by atoms with E-state index in [1.165, 1.54) is 4.80 Å². The van der Waals surface area contributed by atoms with Crippen molar-refractivity contribution < 1.29 is 13.6 Å². The van der Waals surface area contributed by atoms with Gasteiger partial charge in [0.25, 0.3) is 0 Å². The van der Waals surface area contributed by atoms with E-state index in [-0.39, 0.29) is 25.2 Å². The van der Waals surface area contributed by atoms with E-state index in [4.69, 9.17) is 0 Å². The SMILES string of the molecule is CCc1nsc(NC(=O)C(c2ccc(-c3nnn(C)n3)cc2)C2CCC(F)(F)C2)n1. The van der Waals surface area contributed by atoms with Crippen LogP contribution in [0, 0.1) is 5.92 Å². The third-order valence-corrected chi connectivity index (χ3v) is 5.91. The molecular weight excluding hydrogens is 412 g/mol. The zero-order chi connectivity index (χ0) is 21.3. The first-order chi connectivity index (χ1) is 14.3. The predicted molar refractivity (Wildman–Crippen MR) is 107 cm³/mol. The molecule has 0 radical (unpaired) electrons. The van der Waals surface area contributed by atoms with Crippen LogP contribution < -0.4 is 5.32 Å². The molecule has 2 atom stereocenters. The maximum Gasteiger partial charge on any atom is 0.248 e. The van der Waals surface area contributed by atoms with E-state index in [1.807, 2.05) is 6.92 Å². The van der Waals surface area contributed by atoms with Crippen LogP contribution in [-0.2, 0) is 18.3 Å². The number of aromatic nitrogens is 6. The molecule has 0 saturated heterocycles. The van der Waals surface area contributed by atoms with Crippen LogP contribution in [0.3, 0.4) is 0 Å². The van der Waals surface area contributed by atoms with E-state index in [9.17, 15) is 13.6 Å². The highest BCUT2D eigenvalue weighted by Crippen LogP contribution is 2.46. The Hall–Kier alpha value is -2.82. The second kappa shape index (κ2) is 8.13. The Balaban J connectivity index is 1.60. The van der Waals surface area contributed by atoms with Crippen molar-refractivity contribution in [3.63, 3.8) is 0 Å². The van der Waals surface area contributed by atoms with Gasteiger partial charge in [0.2, 0.25) is 22.8 Å². The summed E-state index contributed by atoms with van der Waals surface area (Å²) >= 11 is 1.09. The number of carbonyl (C=O) groups excluding carboxylic acids is 1. The maximum atomic E-state index is 13.9. The fraction of sp³-hybridized carbons (Fsp3) is 0.474. The van der Waals surface area contributed by atoms with Crippen LogP contribution in [0.5, 0.6) is 0 Å². The summed E-state index contributed by atoms with van der Waals surface area (Å²) in [5, 5.41) is 15.1. The number of tetrazole rings is 1. The first-order valence-corrected chi connectivity index (χ1v) is 10.5. The van der Waals surface area contributed by atoms with Crippen LogP contribution >= 0.6 is 11.5 Å². The highest BCUT2D eigenvalue weighted by Gasteiger charge is 2.45. The van der Waals surface area contributed by atoms with Crippen LogP contribution in [0.4, 0.5) is 13.9 Å². The largest absolute Gasteiger partial charge is 0.300 e. The summed E-state index contributed by atoms with van der Waals surface area (Å²) in [4.78, 5) is 18.7. The van der Waals surface area contributed by atoms with Gasteiger partial charge in [-0.1, -0.05) is 31.2 Å². The molecule has 1 amide bonds. The molecule has 158 valence electrons. The molecule has 2 heterocycles. The van der Waals surface area contributed by atoms with Gasteiger partial charge in [-0.3, -0.25) is 4.79 Å². The van der Waals surface area contributed by atoms with Crippen LogP contribution in [0.1, 0.15) is 43.5 Å². The molecule has 30 heavy (non-hydrogen) atoms. The van der Waals surface area contributed by atoms with Crippen molar-refractivity contribution in [2.75, 3.05) is 5.32 Å². The first kappa shape index (κ1) is 20.5. The van der Waals surface area contributed by atoms with E-state index >= 15 is 0 Å². The molecule has 11 heteroatoms. The number of anilines is 1. The molecule has 0 bridgehead atoms. The highest BCUT2D eigenvalue weighted by molar-refractivity contribution is 7.09. The second-order valence-corrected chi connectivity index (χ2v) is 8.17. The summed E-state index contributed by atoms with van der Waals surface area (Å²) in [6, 6.07) is 7.09. The third-order valence-electron chi connectivity index (χ3n) is 5.25. The van der Waals surface area contributed by atoms with Gasteiger partial charge in [-0.25, -0.2) is 13.8 Å². The summed E-state index contributed by atoms with van der Waals surface area (Å²) in [6.45, 7) is 1.92. The maximum absolute atomic E-state index is 13.9. The van der Waals surface area contributed by atoms with Crippen molar-refractivity contribution in [2.45, 2.75) is 44.4 Å². The van der Waals surface area contributed by atoms with Gasteiger partial charge in [0, 0.05) is 36.4 Å². The van der Waals surface area contributed by atoms with E-state index < -0.39 is 17.8 Å². The minimum absolute atomic E-state index is 0.207. The van der Waals surface area contributed by atoms with Crippen LogP contribution in [0.2, 0.25) is 0 Å². The summed E-state index contributed by atoms with van der Waals surface area (Å²) < 4.78 is 32.0.